The minimum atomic E-state index is -0.929. The molecule has 1 aromatic heterocycles. The summed E-state index contributed by atoms with van der Waals surface area (Å²) in [4.78, 5) is 27.4. The normalized spacial score (nSPS) is 24.4. The van der Waals surface area contributed by atoms with Crippen LogP contribution in [0.5, 0.6) is 0 Å². The monoisotopic (exact) mass is 335 g/mol. The molecule has 0 radical (unpaired) electrons. The van der Waals surface area contributed by atoms with Crippen molar-refractivity contribution in [3.63, 3.8) is 0 Å². The third-order valence-electron chi connectivity index (χ3n) is 5.16. The van der Waals surface area contributed by atoms with E-state index in [0.717, 1.165) is 28.7 Å². The molecule has 128 valence electrons. The van der Waals surface area contributed by atoms with Gasteiger partial charge in [-0.1, -0.05) is 26.0 Å². The van der Waals surface area contributed by atoms with Gasteiger partial charge in [0, 0.05) is 25.0 Å². The number of guanidine groups is 1. The highest BCUT2D eigenvalue weighted by Gasteiger charge is 2.54. The van der Waals surface area contributed by atoms with Crippen LogP contribution in [0.15, 0.2) is 41.9 Å². The Kier molecular flexibility index (Phi) is 3.22. The molecule has 25 heavy (non-hydrogen) atoms. The number of nitrogens with two attached hydrogens (primary N) is 1. The summed E-state index contributed by atoms with van der Waals surface area (Å²) in [5.41, 5.74) is 9.04. The lowest BCUT2D eigenvalue weighted by atomic mass is 9.65. The van der Waals surface area contributed by atoms with Gasteiger partial charge < -0.3 is 5.73 Å². The molecule has 1 atom stereocenters. The van der Waals surface area contributed by atoms with E-state index in [0.29, 0.717) is 6.42 Å². The first kappa shape index (κ1) is 15.7. The number of benzene rings is 1. The largest absolute Gasteiger partial charge is 0.369 e. The molecule has 0 fully saturated rings. The van der Waals surface area contributed by atoms with Crippen LogP contribution in [0.3, 0.4) is 0 Å². The van der Waals surface area contributed by atoms with E-state index >= 15 is 0 Å². The quantitative estimate of drug-likeness (QED) is 0.865. The molecule has 2 aromatic rings. The molecule has 6 heteroatoms. The number of hydrogen-bond donors (Lipinski definition) is 1. The van der Waals surface area contributed by atoms with Gasteiger partial charge in [0.15, 0.2) is 11.5 Å². The summed E-state index contributed by atoms with van der Waals surface area (Å²) in [6.45, 7) is 4.35. The maximum atomic E-state index is 13.1. The highest BCUT2D eigenvalue weighted by atomic mass is 16.2. The smallest absolute Gasteiger partial charge is 0.261 e. The Balaban J connectivity index is 1.93. The molecule has 1 aromatic carbocycles. The summed E-state index contributed by atoms with van der Waals surface area (Å²) in [7, 11) is 1.69. The van der Waals surface area contributed by atoms with Crippen molar-refractivity contribution in [1.82, 2.24) is 14.9 Å². The van der Waals surface area contributed by atoms with Gasteiger partial charge >= 0.3 is 0 Å². The van der Waals surface area contributed by atoms with E-state index in [2.05, 4.69) is 47.0 Å². The van der Waals surface area contributed by atoms with Crippen molar-refractivity contribution < 1.29 is 4.79 Å². The highest BCUT2D eigenvalue weighted by Crippen LogP contribution is 2.50. The van der Waals surface area contributed by atoms with Crippen molar-refractivity contribution >= 4 is 11.9 Å². The van der Waals surface area contributed by atoms with Gasteiger partial charge in [0.05, 0.1) is 0 Å². The Labute approximate surface area is 146 Å². The standard InChI is InChI=1S/C19H21N5O/c1-18(2)7-13-5-4-12(14-8-21-11-22-9-14)6-15(13)19(10-18)16(25)24(3)17(20)23-19/h4-6,8-9,11H,7,10H2,1-3H3,(H2,20,23)/t19-/m1/s1. The molecule has 2 heterocycles. The van der Waals surface area contributed by atoms with Crippen molar-refractivity contribution in [2.45, 2.75) is 32.2 Å². The zero-order valence-corrected chi connectivity index (χ0v) is 14.7. The molecule has 1 amide bonds. The highest BCUT2D eigenvalue weighted by molar-refractivity contribution is 6.07. The first-order valence-corrected chi connectivity index (χ1v) is 8.35. The van der Waals surface area contributed by atoms with E-state index in [9.17, 15) is 4.79 Å². The van der Waals surface area contributed by atoms with E-state index < -0.39 is 5.54 Å². The molecule has 4 rings (SSSR count). The van der Waals surface area contributed by atoms with Crippen LogP contribution >= 0.6 is 0 Å². The van der Waals surface area contributed by atoms with Crippen LogP contribution in [0.1, 0.15) is 31.4 Å². The van der Waals surface area contributed by atoms with Gasteiger partial charge in [-0.2, -0.15) is 0 Å². The summed E-state index contributed by atoms with van der Waals surface area (Å²) in [5.74, 6) is 0.225. The average Bonchev–Trinajstić information content (AvgIpc) is 2.79. The van der Waals surface area contributed by atoms with Crippen molar-refractivity contribution in [1.29, 1.82) is 0 Å². The first-order chi connectivity index (χ1) is 11.8. The zero-order valence-electron chi connectivity index (χ0n) is 14.7. The molecule has 6 nitrogen and oxygen atoms in total. The molecule has 0 saturated heterocycles. The fourth-order valence-electron chi connectivity index (χ4n) is 4.10. The van der Waals surface area contributed by atoms with Gasteiger partial charge in [-0.15, -0.1) is 0 Å². The lowest BCUT2D eigenvalue weighted by molar-refractivity contribution is -0.132. The summed E-state index contributed by atoms with van der Waals surface area (Å²) >= 11 is 0. The predicted octanol–water partition coefficient (Wildman–Crippen LogP) is 2.10. The maximum absolute atomic E-state index is 13.1. The number of carbonyl (C=O) groups excluding carboxylic acids is 1. The Morgan fingerprint density at radius 2 is 1.88 bits per heavy atom. The van der Waals surface area contributed by atoms with Gasteiger partial charge in [0.1, 0.15) is 6.33 Å². The number of amides is 1. The molecule has 0 unspecified atom stereocenters. The fraction of sp³-hybridized carbons (Fsp3) is 0.368. The zero-order chi connectivity index (χ0) is 17.8. The molecule has 0 saturated carbocycles. The van der Waals surface area contributed by atoms with Gasteiger partial charge in [0.2, 0.25) is 0 Å². The number of nitrogens with zero attached hydrogens (tertiary/aromatic N) is 4. The third-order valence-corrected chi connectivity index (χ3v) is 5.16. The first-order valence-electron chi connectivity index (χ1n) is 8.35. The molecule has 1 spiro atoms. The number of aromatic nitrogens is 2. The Bertz CT molecular complexity index is 890. The van der Waals surface area contributed by atoms with Crippen molar-refractivity contribution in [2.24, 2.45) is 16.1 Å². The molecule has 2 N–H and O–H groups in total. The van der Waals surface area contributed by atoms with Gasteiger partial charge in [-0.05, 0) is 41.0 Å². The van der Waals surface area contributed by atoms with Gasteiger partial charge in [0.25, 0.3) is 5.91 Å². The van der Waals surface area contributed by atoms with E-state index in [1.165, 1.54) is 11.2 Å². The minimum absolute atomic E-state index is 0.0327. The topological polar surface area (TPSA) is 84.5 Å². The summed E-state index contributed by atoms with van der Waals surface area (Å²) in [6.07, 6.45) is 6.60. The minimum Gasteiger partial charge on any atom is -0.369 e. The maximum Gasteiger partial charge on any atom is 0.261 e. The van der Waals surface area contributed by atoms with Crippen LogP contribution in [0.2, 0.25) is 0 Å². The summed E-state index contributed by atoms with van der Waals surface area (Å²) in [5, 5.41) is 0. The van der Waals surface area contributed by atoms with E-state index in [1.807, 2.05) is 0 Å². The average molecular weight is 335 g/mol. The Morgan fingerprint density at radius 3 is 2.52 bits per heavy atom. The second-order valence-electron chi connectivity index (χ2n) is 7.71. The number of likely N-dealkylation sites (N-methyl/N-ethyl adjacent to an activating group) is 1. The Morgan fingerprint density at radius 1 is 1.16 bits per heavy atom. The molecule has 2 aliphatic rings. The number of hydrogen-bond acceptors (Lipinski definition) is 5. The van der Waals surface area contributed by atoms with Crippen LogP contribution in [-0.4, -0.2) is 33.8 Å². The fourth-order valence-corrected chi connectivity index (χ4v) is 4.10. The van der Waals surface area contributed by atoms with E-state index in [4.69, 9.17) is 5.73 Å². The molecule has 1 aliphatic heterocycles. The third kappa shape index (κ3) is 2.32. The lowest BCUT2D eigenvalue weighted by Gasteiger charge is -2.41. The lowest BCUT2D eigenvalue weighted by Crippen LogP contribution is -2.46. The van der Waals surface area contributed by atoms with Crippen LogP contribution in [-0.2, 0) is 16.8 Å². The van der Waals surface area contributed by atoms with Crippen molar-refractivity contribution in [2.75, 3.05) is 7.05 Å². The van der Waals surface area contributed by atoms with E-state index in [1.54, 1.807) is 19.4 Å². The van der Waals surface area contributed by atoms with Crippen LogP contribution in [0.4, 0.5) is 0 Å². The second-order valence-corrected chi connectivity index (χ2v) is 7.71. The summed E-state index contributed by atoms with van der Waals surface area (Å²) < 4.78 is 0. The van der Waals surface area contributed by atoms with Crippen LogP contribution < -0.4 is 5.73 Å². The van der Waals surface area contributed by atoms with Gasteiger partial charge in [-0.25, -0.2) is 15.0 Å². The predicted molar refractivity (Wildman–Crippen MR) is 95.6 cm³/mol. The number of aliphatic imine (C=N–C) groups is 1. The van der Waals surface area contributed by atoms with Crippen LogP contribution in [0, 0.1) is 5.41 Å². The molecular formula is C19H21N5O. The Hall–Kier alpha value is -2.76. The molecule has 0 bridgehead atoms. The summed E-state index contributed by atoms with van der Waals surface area (Å²) in [6, 6.07) is 6.21. The molecule has 1 aliphatic carbocycles. The van der Waals surface area contributed by atoms with Crippen LogP contribution in [0.25, 0.3) is 11.1 Å². The van der Waals surface area contributed by atoms with Gasteiger partial charge in [-0.3, -0.25) is 9.69 Å². The number of fused-ring (bicyclic) bond motifs is 2. The SMILES string of the molecule is CN1C(=O)[C@]2(CC(C)(C)Cc3ccc(-c4cncnc4)cc32)N=C1N. The van der Waals surface area contributed by atoms with Crippen molar-refractivity contribution in [3.05, 3.63) is 48.0 Å². The van der Waals surface area contributed by atoms with E-state index in [-0.39, 0.29) is 17.3 Å². The number of rotatable bonds is 1. The number of carbonyl (C=O) groups is 1. The second kappa shape index (κ2) is 5.12. The van der Waals surface area contributed by atoms with Crippen molar-refractivity contribution in [3.8, 4) is 11.1 Å². The molecular weight excluding hydrogens is 314 g/mol.